The summed E-state index contributed by atoms with van der Waals surface area (Å²) in [6.07, 6.45) is 3.05. The Morgan fingerprint density at radius 3 is 2.50 bits per heavy atom. The summed E-state index contributed by atoms with van der Waals surface area (Å²) >= 11 is 0. The lowest BCUT2D eigenvalue weighted by atomic mass is 10.1. The number of nitrogens with zero attached hydrogens (tertiary/aromatic N) is 1. The summed E-state index contributed by atoms with van der Waals surface area (Å²) in [7, 11) is 0. The van der Waals surface area contributed by atoms with Crippen molar-refractivity contribution in [2.75, 3.05) is 13.2 Å². The van der Waals surface area contributed by atoms with Crippen molar-refractivity contribution in [3.05, 3.63) is 30.1 Å². The van der Waals surface area contributed by atoms with Crippen molar-refractivity contribution >= 4 is 0 Å². The van der Waals surface area contributed by atoms with Crippen LogP contribution in [-0.4, -0.2) is 34.9 Å². The molecule has 2 atom stereocenters. The van der Waals surface area contributed by atoms with Gasteiger partial charge in [0.25, 0.3) is 0 Å². The Morgan fingerprint density at radius 2 is 1.94 bits per heavy atom. The van der Waals surface area contributed by atoms with Gasteiger partial charge in [0.1, 0.15) is 0 Å². The molecular weight excluding hydrogens is 228 g/mol. The van der Waals surface area contributed by atoms with Gasteiger partial charge in [0.15, 0.2) is 0 Å². The van der Waals surface area contributed by atoms with Crippen LogP contribution in [0, 0.1) is 0 Å². The van der Waals surface area contributed by atoms with Gasteiger partial charge in [0.05, 0.1) is 18.3 Å². The van der Waals surface area contributed by atoms with E-state index in [1.807, 2.05) is 32.9 Å². The van der Waals surface area contributed by atoms with E-state index in [0.29, 0.717) is 13.2 Å². The standard InChI is InChI=1S/C14H24N2O2/c1-11(12-5-7-15-8-6-12)16-9-13(17)10-18-14(2,3)4/h5-8,11,13,16-17H,9-10H2,1-4H3/t11-,13?/m0/s1. The molecule has 0 spiro atoms. The first-order valence-corrected chi connectivity index (χ1v) is 6.34. The fourth-order valence-corrected chi connectivity index (χ4v) is 1.49. The minimum absolute atomic E-state index is 0.192. The Hall–Kier alpha value is -0.970. The molecule has 0 amide bonds. The van der Waals surface area contributed by atoms with Gasteiger partial charge in [-0.2, -0.15) is 0 Å². The second-order valence-corrected chi connectivity index (χ2v) is 5.49. The van der Waals surface area contributed by atoms with Crippen molar-refractivity contribution in [1.29, 1.82) is 0 Å². The van der Waals surface area contributed by atoms with Gasteiger partial charge >= 0.3 is 0 Å². The highest BCUT2D eigenvalue weighted by atomic mass is 16.5. The lowest BCUT2D eigenvalue weighted by Gasteiger charge is -2.23. The van der Waals surface area contributed by atoms with Crippen molar-refractivity contribution in [3.8, 4) is 0 Å². The van der Waals surface area contributed by atoms with Crippen LogP contribution >= 0.6 is 0 Å². The number of pyridine rings is 1. The maximum absolute atomic E-state index is 9.81. The largest absolute Gasteiger partial charge is 0.389 e. The molecule has 0 radical (unpaired) electrons. The van der Waals surface area contributed by atoms with Crippen molar-refractivity contribution in [3.63, 3.8) is 0 Å². The molecule has 0 fully saturated rings. The summed E-state index contributed by atoms with van der Waals surface area (Å²) in [4.78, 5) is 3.98. The molecule has 1 heterocycles. The lowest BCUT2D eigenvalue weighted by molar-refractivity contribution is -0.0482. The first-order valence-electron chi connectivity index (χ1n) is 6.34. The summed E-state index contributed by atoms with van der Waals surface area (Å²) in [6.45, 7) is 8.86. The Bertz CT molecular complexity index is 335. The summed E-state index contributed by atoms with van der Waals surface area (Å²) in [5.41, 5.74) is 0.950. The minimum Gasteiger partial charge on any atom is -0.389 e. The van der Waals surface area contributed by atoms with Crippen LogP contribution in [0.25, 0.3) is 0 Å². The molecule has 0 bridgehead atoms. The van der Waals surface area contributed by atoms with Crippen LogP contribution in [0.5, 0.6) is 0 Å². The van der Waals surface area contributed by atoms with Crippen LogP contribution in [-0.2, 0) is 4.74 Å². The van der Waals surface area contributed by atoms with Crippen LogP contribution in [0.1, 0.15) is 39.3 Å². The zero-order chi connectivity index (χ0) is 13.6. The van der Waals surface area contributed by atoms with Gasteiger partial charge in [-0.15, -0.1) is 0 Å². The average Bonchev–Trinajstić information content (AvgIpc) is 2.33. The number of aliphatic hydroxyl groups excluding tert-OH is 1. The predicted octanol–water partition coefficient (Wildman–Crippen LogP) is 1.91. The smallest absolute Gasteiger partial charge is 0.0898 e. The van der Waals surface area contributed by atoms with E-state index in [1.165, 1.54) is 0 Å². The highest BCUT2D eigenvalue weighted by Gasteiger charge is 2.14. The predicted molar refractivity (Wildman–Crippen MR) is 72.4 cm³/mol. The van der Waals surface area contributed by atoms with Gasteiger partial charge in [-0.3, -0.25) is 4.98 Å². The zero-order valence-electron chi connectivity index (χ0n) is 11.7. The summed E-state index contributed by atoms with van der Waals surface area (Å²) < 4.78 is 5.53. The molecule has 0 aliphatic rings. The third kappa shape index (κ3) is 6.10. The molecule has 4 nitrogen and oxygen atoms in total. The Balaban J connectivity index is 2.28. The molecule has 0 saturated carbocycles. The molecule has 0 aliphatic heterocycles. The van der Waals surface area contributed by atoms with Crippen LogP contribution in [0.15, 0.2) is 24.5 Å². The van der Waals surface area contributed by atoms with Crippen LogP contribution in [0.4, 0.5) is 0 Å². The van der Waals surface area contributed by atoms with E-state index in [9.17, 15) is 5.11 Å². The summed E-state index contributed by atoms with van der Waals surface area (Å²) in [6, 6.07) is 4.13. The monoisotopic (exact) mass is 252 g/mol. The van der Waals surface area contributed by atoms with E-state index in [4.69, 9.17) is 4.74 Å². The van der Waals surface area contributed by atoms with Crippen molar-refractivity contribution in [1.82, 2.24) is 10.3 Å². The molecule has 4 heteroatoms. The molecular formula is C14H24N2O2. The second kappa shape index (κ2) is 6.83. The van der Waals surface area contributed by atoms with Gasteiger partial charge in [0, 0.05) is 25.0 Å². The number of ether oxygens (including phenoxy) is 1. The summed E-state index contributed by atoms with van der Waals surface area (Å²) in [5.74, 6) is 0. The molecule has 0 aromatic carbocycles. The van der Waals surface area contributed by atoms with E-state index in [2.05, 4.69) is 17.2 Å². The maximum Gasteiger partial charge on any atom is 0.0898 e. The van der Waals surface area contributed by atoms with E-state index >= 15 is 0 Å². The van der Waals surface area contributed by atoms with Crippen molar-refractivity contribution in [2.24, 2.45) is 0 Å². The highest BCUT2D eigenvalue weighted by Crippen LogP contribution is 2.10. The van der Waals surface area contributed by atoms with Crippen LogP contribution in [0.2, 0.25) is 0 Å². The number of rotatable bonds is 6. The van der Waals surface area contributed by atoms with Gasteiger partial charge in [-0.1, -0.05) is 0 Å². The average molecular weight is 252 g/mol. The third-order valence-electron chi connectivity index (χ3n) is 2.57. The molecule has 1 aromatic rings. The first-order chi connectivity index (χ1) is 8.38. The highest BCUT2D eigenvalue weighted by molar-refractivity contribution is 5.13. The van der Waals surface area contributed by atoms with Crippen LogP contribution in [0.3, 0.4) is 0 Å². The first kappa shape index (κ1) is 15.1. The molecule has 1 unspecified atom stereocenters. The summed E-state index contributed by atoms with van der Waals surface area (Å²) in [5, 5.41) is 13.1. The van der Waals surface area contributed by atoms with Gasteiger partial charge < -0.3 is 15.2 Å². The molecule has 0 aliphatic carbocycles. The fraction of sp³-hybridized carbons (Fsp3) is 0.643. The molecule has 18 heavy (non-hydrogen) atoms. The number of nitrogens with one attached hydrogen (secondary N) is 1. The molecule has 1 rings (SSSR count). The quantitative estimate of drug-likeness (QED) is 0.812. The lowest BCUT2D eigenvalue weighted by Crippen LogP contribution is -2.34. The normalized spacial score (nSPS) is 15.4. The van der Waals surface area contributed by atoms with Crippen molar-refractivity contribution in [2.45, 2.75) is 45.4 Å². The Kier molecular flexibility index (Phi) is 5.72. The van der Waals surface area contributed by atoms with Crippen molar-refractivity contribution < 1.29 is 9.84 Å². The number of hydrogen-bond acceptors (Lipinski definition) is 4. The molecule has 102 valence electrons. The second-order valence-electron chi connectivity index (χ2n) is 5.49. The number of aromatic nitrogens is 1. The molecule has 1 aromatic heterocycles. The van der Waals surface area contributed by atoms with Gasteiger partial charge in [0.2, 0.25) is 0 Å². The van der Waals surface area contributed by atoms with E-state index in [1.54, 1.807) is 12.4 Å². The Labute approximate surface area is 109 Å². The molecule has 0 saturated heterocycles. The minimum atomic E-state index is -0.492. The van der Waals surface area contributed by atoms with Crippen LogP contribution < -0.4 is 5.32 Å². The third-order valence-corrected chi connectivity index (χ3v) is 2.57. The molecule has 2 N–H and O–H groups in total. The van der Waals surface area contributed by atoms with E-state index in [-0.39, 0.29) is 11.6 Å². The maximum atomic E-state index is 9.81. The van der Waals surface area contributed by atoms with E-state index < -0.39 is 6.10 Å². The van der Waals surface area contributed by atoms with Gasteiger partial charge in [-0.25, -0.2) is 0 Å². The topological polar surface area (TPSA) is 54.4 Å². The number of aliphatic hydroxyl groups is 1. The zero-order valence-corrected chi connectivity index (χ0v) is 11.7. The Morgan fingerprint density at radius 1 is 1.33 bits per heavy atom. The van der Waals surface area contributed by atoms with E-state index in [0.717, 1.165) is 5.56 Å². The van der Waals surface area contributed by atoms with Gasteiger partial charge in [-0.05, 0) is 45.4 Å². The number of hydrogen-bond donors (Lipinski definition) is 2. The fourth-order valence-electron chi connectivity index (χ4n) is 1.49. The SMILES string of the molecule is C[C@H](NCC(O)COC(C)(C)C)c1ccncc1.